The summed E-state index contributed by atoms with van der Waals surface area (Å²) in [5.41, 5.74) is 5.27. The molecule has 2 aliphatic heterocycles. The Hall–Kier alpha value is -4.07. The monoisotopic (exact) mass is 424 g/mol. The molecule has 3 aliphatic rings. The van der Waals surface area contributed by atoms with Gasteiger partial charge in [0.15, 0.2) is 0 Å². The van der Waals surface area contributed by atoms with Crippen molar-refractivity contribution in [2.75, 3.05) is 5.32 Å². The molecule has 1 atom stereocenters. The van der Waals surface area contributed by atoms with Gasteiger partial charge in [0.05, 0.1) is 18.0 Å². The third kappa shape index (κ3) is 3.60. The predicted octanol–water partition coefficient (Wildman–Crippen LogP) is 3.94. The fourth-order valence-electron chi connectivity index (χ4n) is 3.77. The molecule has 7 heteroatoms. The smallest absolute Gasteiger partial charge is 0.265 e. The number of amidine groups is 1. The molecular formula is C25H22N5O2+. The van der Waals surface area contributed by atoms with Gasteiger partial charge in [-0.1, -0.05) is 36.4 Å². The molecule has 32 heavy (non-hydrogen) atoms. The van der Waals surface area contributed by atoms with Gasteiger partial charge in [-0.15, -0.1) is 4.59 Å². The van der Waals surface area contributed by atoms with Gasteiger partial charge in [-0.25, -0.2) is 0 Å². The average Bonchev–Trinajstić information content (AvgIpc) is 3.04. The number of nitrogens with one attached hydrogen (secondary N) is 1. The number of nitrogens with zero attached hydrogens (tertiary/aromatic N) is 3. The molecule has 3 N–H and O–H groups in total. The number of benzene rings is 2. The Labute approximate surface area is 185 Å². The van der Waals surface area contributed by atoms with E-state index in [4.69, 9.17) is 15.6 Å². The molecule has 1 unspecified atom stereocenters. The third-order valence-electron chi connectivity index (χ3n) is 5.36. The standard InChI is InChI=1S/C25H21N5O2/c1-17(31)28-21-9-2-5-18(13-21)16-32-22-10-4-8-20(14-22)25-29-24(19-6-3-7-19)23-15-27-11-12-30(23,25)26/h2-15H,16,26H2,1H3/p+1. The van der Waals surface area contributed by atoms with E-state index in [9.17, 15) is 4.79 Å². The summed E-state index contributed by atoms with van der Waals surface area (Å²) < 4.78 is 6.00. The van der Waals surface area contributed by atoms with Crippen LogP contribution in [0.5, 0.6) is 5.75 Å². The average molecular weight is 424 g/mol. The maximum atomic E-state index is 11.3. The van der Waals surface area contributed by atoms with Crippen molar-refractivity contribution in [2.45, 2.75) is 13.5 Å². The summed E-state index contributed by atoms with van der Waals surface area (Å²) in [5, 5.41) is 2.79. The zero-order chi connectivity index (χ0) is 22.1. The zero-order valence-corrected chi connectivity index (χ0v) is 17.5. The Morgan fingerprint density at radius 2 is 2.03 bits per heavy atom. The Bertz CT molecular complexity index is 1300. The van der Waals surface area contributed by atoms with E-state index in [-0.39, 0.29) is 10.5 Å². The van der Waals surface area contributed by atoms with E-state index in [1.54, 1.807) is 12.4 Å². The zero-order valence-electron chi connectivity index (χ0n) is 17.5. The van der Waals surface area contributed by atoms with Crippen LogP contribution in [-0.4, -0.2) is 22.5 Å². The highest BCUT2D eigenvalue weighted by molar-refractivity contribution is 6.01. The van der Waals surface area contributed by atoms with Gasteiger partial charge in [-0.2, -0.15) is 10.8 Å². The number of fused-ring (bicyclic) bond motifs is 1. The minimum atomic E-state index is -0.107. The normalized spacial score (nSPS) is 20.4. The van der Waals surface area contributed by atoms with Gasteiger partial charge in [0, 0.05) is 18.2 Å². The quantitative estimate of drug-likeness (QED) is 0.544. The first-order valence-corrected chi connectivity index (χ1v) is 10.2. The second-order valence-corrected chi connectivity index (χ2v) is 7.70. The Balaban J connectivity index is 1.38. The van der Waals surface area contributed by atoms with Crippen molar-refractivity contribution in [1.29, 1.82) is 0 Å². The molecule has 0 radical (unpaired) electrons. The summed E-state index contributed by atoms with van der Waals surface area (Å²) >= 11 is 0. The van der Waals surface area contributed by atoms with Crippen LogP contribution in [0.4, 0.5) is 5.69 Å². The SMILES string of the molecule is CC(=O)Nc1cccc(COc2cccc(C3=NC(C4=CC=C4)=C4C=NC=C[N+]34N)c2)c1. The van der Waals surface area contributed by atoms with Crippen molar-refractivity contribution in [2.24, 2.45) is 15.8 Å². The number of nitrogens with two attached hydrogens (primary N) is 1. The fourth-order valence-corrected chi connectivity index (χ4v) is 3.77. The number of carbonyl (C=O) groups is 1. The molecule has 158 valence electrons. The van der Waals surface area contributed by atoms with Crippen LogP contribution in [0.1, 0.15) is 18.1 Å². The molecular weight excluding hydrogens is 402 g/mol. The summed E-state index contributed by atoms with van der Waals surface area (Å²) in [6.45, 7) is 1.85. The van der Waals surface area contributed by atoms with Gasteiger partial charge in [-0.05, 0) is 35.9 Å². The Morgan fingerprint density at radius 1 is 1.19 bits per heavy atom. The number of amides is 1. The molecule has 0 fully saturated rings. The summed E-state index contributed by atoms with van der Waals surface area (Å²) in [4.78, 5) is 20.4. The van der Waals surface area contributed by atoms with Crippen LogP contribution in [0.25, 0.3) is 0 Å². The third-order valence-corrected chi connectivity index (χ3v) is 5.36. The lowest BCUT2D eigenvalue weighted by molar-refractivity contribution is -0.750. The molecule has 0 saturated heterocycles. The number of hydrogen-bond acceptors (Lipinski definition) is 5. The van der Waals surface area contributed by atoms with E-state index < -0.39 is 0 Å². The van der Waals surface area contributed by atoms with Gasteiger partial charge in [0.2, 0.25) is 11.6 Å². The van der Waals surface area contributed by atoms with E-state index in [1.807, 2.05) is 73.0 Å². The van der Waals surface area contributed by atoms with E-state index >= 15 is 0 Å². The topological polar surface area (TPSA) is 89.1 Å². The number of carbonyl (C=O) groups excluding carboxylic acids is 1. The van der Waals surface area contributed by atoms with E-state index in [1.165, 1.54) is 6.92 Å². The highest BCUT2D eigenvalue weighted by atomic mass is 16.5. The maximum absolute atomic E-state index is 11.3. The number of ether oxygens (including phenoxy) is 1. The predicted molar refractivity (Wildman–Crippen MR) is 124 cm³/mol. The van der Waals surface area contributed by atoms with Crippen molar-refractivity contribution in [3.8, 4) is 5.75 Å². The van der Waals surface area contributed by atoms with Crippen LogP contribution >= 0.6 is 0 Å². The second kappa shape index (κ2) is 7.88. The highest BCUT2D eigenvalue weighted by Gasteiger charge is 2.44. The first-order valence-electron chi connectivity index (χ1n) is 10.2. The summed E-state index contributed by atoms with van der Waals surface area (Å²) in [7, 11) is 0. The number of quaternary nitrogens is 1. The van der Waals surface area contributed by atoms with Gasteiger partial charge in [0.25, 0.3) is 5.84 Å². The van der Waals surface area contributed by atoms with Crippen molar-refractivity contribution < 1.29 is 14.1 Å². The largest absolute Gasteiger partial charge is 0.489 e. The molecule has 1 amide bonds. The summed E-state index contributed by atoms with van der Waals surface area (Å²) in [6.07, 6.45) is 11.3. The van der Waals surface area contributed by atoms with Gasteiger partial charge < -0.3 is 10.1 Å². The first kappa shape index (κ1) is 19.9. The van der Waals surface area contributed by atoms with Crippen LogP contribution in [-0.2, 0) is 11.4 Å². The molecule has 2 aromatic carbocycles. The van der Waals surface area contributed by atoms with E-state index in [0.717, 1.165) is 33.8 Å². The van der Waals surface area contributed by atoms with Crippen LogP contribution < -0.4 is 15.9 Å². The molecule has 0 saturated carbocycles. The van der Waals surface area contributed by atoms with E-state index in [0.29, 0.717) is 18.2 Å². The van der Waals surface area contributed by atoms with Gasteiger partial charge >= 0.3 is 0 Å². The van der Waals surface area contributed by atoms with Crippen LogP contribution in [0.2, 0.25) is 0 Å². The minimum Gasteiger partial charge on any atom is -0.489 e. The minimum absolute atomic E-state index is 0.0355. The van der Waals surface area contributed by atoms with Crippen LogP contribution in [0.3, 0.4) is 0 Å². The number of rotatable bonds is 6. The van der Waals surface area contributed by atoms with Crippen LogP contribution in [0, 0.1) is 0 Å². The fraction of sp³-hybridized carbons (Fsp3) is 0.0800. The van der Waals surface area contributed by atoms with E-state index in [2.05, 4.69) is 10.3 Å². The molecule has 2 heterocycles. The summed E-state index contributed by atoms with van der Waals surface area (Å²) in [6, 6.07) is 15.3. The highest BCUT2D eigenvalue weighted by Crippen LogP contribution is 2.36. The molecule has 5 rings (SSSR count). The van der Waals surface area contributed by atoms with Gasteiger partial charge in [0.1, 0.15) is 24.3 Å². The molecule has 2 aromatic rings. The molecule has 0 aromatic heterocycles. The Morgan fingerprint density at radius 3 is 2.81 bits per heavy atom. The van der Waals surface area contributed by atoms with Crippen LogP contribution in [0.15, 0.2) is 106 Å². The van der Waals surface area contributed by atoms with Crippen molar-refractivity contribution >= 4 is 23.6 Å². The van der Waals surface area contributed by atoms with Crippen molar-refractivity contribution in [3.05, 3.63) is 107 Å². The molecule has 7 nitrogen and oxygen atoms in total. The number of aliphatic imine (C=N–C) groups is 2. The van der Waals surface area contributed by atoms with Crippen molar-refractivity contribution in [3.63, 3.8) is 0 Å². The number of allylic oxidation sites excluding steroid dienone is 4. The number of anilines is 1. The van der Waals surface area contributed by atoms with Gasteiger partial charge in [-0.3, -0.25) is 9.79 Å². The lowest BCUT2D eigenvalue weighted by Gasteiger charge is -2.26. The lowest BCUT2D eigenvalue weighted by Crippen LogP contribution is -2.53. The maximum Gasteiger partial charge on any atom is 0.265 e. The molecule has 0 bridgehead atoms. The molecule has 0 spiro atoms. The van der Waals surface area contributed by atoms with Crippen molar-refractivity contribution in [1.82, 2.24) is 0 Å². The molecule has 1 aliphatic carbocycles. The lowest BCUT2D eigenvalue weighted by atomic mass is 10.0. The first-order chi connectivity index (χ1) is 15.5. The summed E-state index contributed by atoms with van der Waals surface area (Å²) in [5.74, 6) is 8.06. The Kier molecular flexibility index (Phi) is 4.89. The second-order valence-electron chi connectivity index (χ2n) is 7.70. The number of hydrogen-bond donors (Lipinski definition) is 2.